The lowest BCUT2D eigenvalue weighted by atomic mass is 10.1. The SMILES string of the molecule is CCn1cc(COc2ccc(C(=O)O)cc2C)cn1. The van der Waals surface area contributed by atoms with E-state index in [1.165, 1.54) is 0 Å². The monoisotopic (exact) mass is 260 g/mol. The molecule has 5 nitrogen and oxygen atoms in total. The highest BCUT2D eigenvalue weighted by Gasteiger charge is 2.07. The Morgan fingerprint density at radius 3 is 2.84 bits per heavy atom. The van der Waals surface area contributed by atoms with Gasteiger partial charge in [0.05, 0.1) is 11.8 Å². The minimum atomic E-state index is -0.932. The number of rotatable bonds is 5. The van der Waals surface area contributed by atoms with Crippen molar-refractivity contribution in [2.75, 3.05) is 0 Å². The molecule has 0 aliphatic carbocycles. The molecule has 0 aliphatic heterocycles. The predicted molar refractivity (Wildman–Crippen MR) is 70.4 cm³/mol. The van der Waals surface area contributed by atoms with Gasteiger partial charge in [-0.1, -0.05) is 0 Å². The van der Waals surface area contributed by atoms with Gasteiger partial charge in [0.15, 0.2) is 0 Å². The Balaban J connectivity index is 2.05. The number of hydrogen-bond acceptors (Lipinski definition) is 3. The molecule has 19 heavy (non-hydrogen) atoms. The quantitative estimate of drug-likeness (QED) is 0.897. The fourth-order valence-electron chi connectivity index (χ4n) is 1.76. The van der Waals surface area contributed by atoms with Gasteiger partial charge in [0.25, 0.3) is 0 Å². The highest BCUT2D eigenvalue weighted by atomic mass is 16.5. The van der Waals surface area contributed by atoms with Gasteiger partial charge in [0.2, 0.25) is 0 Å². The first-order valence-corrected chi connectivity index (χ1v) is 6.08. The highest BCUT2D eigenvalue weighted by molar-refractivity contribution is 5.88. The van der Waals surface area contributed by atoms with E-state index in [9.17, 15) is 4.79 Å². The molecule has 0 spiro atoms. The van der Waals surface area contributed by atoms with E-state index >= 15 is 0 Å². The molecule has 0 aliphatic rings. The molecule has 0 bridgehead atoms. The standard InChI is InChI=1S/C14H16N2O3/c1-3-16-8-11(7-15-16)9-19-13-5-4-12(14(17)18)6-10(13)2/h4-8H,3,9H2,1-2H3,(H,17,18). The molecule has 1 heterocycles. The Hall–Kier alpha value is -2.30. The second-order valence-electron chi connectivity index (χ2n) is 4.28. The maximum atomic E-state index is 10.8. The summed E-state index contributed by atoms with van der Waals surface area (Å²) in [6.07, 6.45) is 3.70. The molecule has 5 heteroatoms. The van der Waals surface area contributed by atoms with Crippen LogP contribution in [0.3, 0.4) is 0 Å². The number of carbonyl (C=O) groups is 1. The van der Waals surface area contributed by atoms with Crippen LogP contribution in [0.25, 0.3) is 0 Å². The molecule has 1 aromatic heterocycles. The van der Waals surface area contributed by atoms with Crippen LogP contribution in [0.4, 0.5) is 0 Å². The van der Waals surface area contributed by atoms with Crippen LogP contribution in [0.15, 0.2) is 30.6 Å². The highest BCUT2D eigenvalue weighted by Crippen LogP contribution is 2.20. The minimum Gasteiger partial charge on any atom is -0.489 e. The zero-order valence-electron chi connectivity index (χ0n) is 11.0. The molecule has 1 aromatic carbocycles. The van der Waals surface area contributed by atoms with Crippen molar-refractivity contribution >= 4 is 5.97 Å². The molecule has 0 radical (unpaired) electrons. The van der Waals surface area contributed by atoms with Gasteiger partial charge in [-0.05, 0) is 37.6 Å². The summed E-state index contributed by atoms with van der Waals surface area (Å²) >= 11 is 0. The first-order valence-electron chi connectivity index (χ1n) is 6.08. The molecule has 100 valence electrons. The average molecular weight is 260 g/mol. The van der Waals surface area contributed by atoms with Crippen LogP contribution >= 0.6 is 0 Å². The van der Waals surface area contributed by atoms with Crippen molar-refractivity contribution in [2.24, 2.45) is 0 Å². The van der Waals surface area contributed by atoms with Crippen molar-refractivity contribution in [2.45, 2.75) is 27.0 Å². The molecule has 2 aromatic rings. The number of aryl methyl sites for hydroxylation is 2. The van der Waals surface area contributed by atoms with E-state index < -0.39 is 5.97 Å². The van der Waals surface area contributed by atoms with Gasteiger partial charge in [-0.15, -0.1) is 0 Å². The molecule has 0 unspecified atom stereocenters. The third-order valence-corrected chi connectivity index (χ3v) is 2.83. The second kappa shape index (κ2) is 5.56. The van der Waals surface area contributed by atoms with Crippen molar-refractivity contribution in [1.29, 1.82) is 0 Å². The zero-order chi connectivity index (χ0) is 13.8. The number of aromatic carboxylic acids is 1. The fraction of sp³-hybridized carbons (Fsp3) is 0.286. The Bertz CT molecular complexity index is 590. The molecule has 0 saturated carbocycles. The van der Waals surface area contributed by atoms with E-state index in [1.807, 2.05) is 24.7 Å². The van der Waals surface area contributed by atoms with E-state index in [0.29, 0.717) is 12.4 Å². The number of carboxylic acid groups (broad SMARTS) is 1. The molecular weight excluding hydrogens is 244 g/mol. The van der Waals surface area contributed by atoms with Crippen molar-refractivity contribution in [3.63, 3.8) is 0 Å². The third-order valence-electron chi connectivity index (χ3n) is 2.83. The van der Waals surface area contributed by atoms with E-state index in [-0.39, 0.29) is 5.56 Å². The van der Waals surface area contributed by atoms with E-state index in [0.717, 1.165) is 17.7 Å². The number of ether oxygens (including phenoxy) is 1. The predicted octanol–water partition coefficient (Wildman–Crippen LogP) is 2.49. The van der Waals surface area contributed by atoms with Gasteiger partial charge >= 0.3 is 5.97 Å². The zero-order valence-corrected chi connectivity index (χ0v) is 11.0. The lowest BCUT2D eigenvalue weighted by Gasteiger charge is -2.08. The Morgan fingerprint density at radius 2 is 2.26 bits per heavy atom. The Morgan fingerprint density at radius 1 is 1.47 bits per heavy atom. The van der Waals surface area contributed by atoms with Gasteiger partial charge in [0, 0.05) is 18.3 Å². The van der Waals surface area contributed by atoms with Crippen LogP contribution < -0.4 is 4.74 Å². The summed E-state index contributed by atoms with van der Waals surface area (Å²) < 4.78 is 7.50. The second-order valence-corrected chi connectivity index (χ2v) is 4.28. The van der Waals surface area contributed by atoms with E-state index in [4.69, 9.17) is 9.84 Å². The van der Waals surface area contributed by atoms with E-state index in [1.54, 1.807) is 24.4 Å². The lowest BCUT2D eigenvalue weighted by molar-refractivity contribution is 0.0696. The molecule has 0 fully saturated rings. The van der Waals surface area contributed by atoms with Gasteiger partial charge in [-0.2, -0.15) is 5.10 Å². The van der Waals surface area contributed by atoms with Gasteiger partial charge < -0.3 is 9.84 Å². The molecular formula is C14H16N2O3. The summed E-state index contributed by atoms with van der Waals surface area (Å²) in [6, 6.07) is 4.83. The first-order chi connectivity index (χ1) is 9.10. The van der Waals surface area contributed by atoms with Crippen molar-refractivity contribution < 1.29 is 14.6 Å². The van der Waals surface area contributed by atoms with Crippen LogP contribution in [0, 0.1) is 6.92 Å². The largest absolute Gasteiger partial charge is 0.489 e. The molecule has 0 saturated heterocycles. The summed E-state index contributed by atoms with van der Waals surface area (Å²) in [7, 11) is 0. The average Bonchev–Trinajstić information content (AvgIpc) is 2.85. The lowest BCUT2D eigenvalue weighted by Crippen LogP contribution is -2.00. The van der Waals surface area contributed by atoms with Gasteiger partial charge in [-0.3, -0.25) is 4.68 Å². The van der Waals surface area contributed by atoms with Crippen LogP contribution in [-0.2, 0) is 13.2 Å². The summed E-state index contributed by atoms with van der Waals surface area (Å²) in [5.41, 5.74) is 2.06. The summed E-state index contributed by atoms with van der Waals surface area (Å²) in [4.78, 5) is 10.8. The minimum absolute atomic E-state index is 0.267. The van der Waals surface area contributed by atoms with Crippen molar-refractivity contribution in [3.05, 3.63) is 47.3 Å². The molecule has 1 N–H and O–H groups in total. The van der Waals surface area contributed by atoms with Crippen LogP contribution in [0.5, 0.6) is 5.75 Å². The summed E-state index contributed by atoms with van der Waals surface area (Å²) in [5, 5.41) is 13.1. The topological polar surface area (TPSA) is 64.3 Å². The normalized spacial score (nSPS) is 10.4. The Kier molecular flexibility index (Phi) is 3.85. The third kappa shape index (κ3) is 3.13. The number of nitrogens with zero attached hydrogens (tertiary/aromatic N) is 2. The Labute approximate surface area is 111 Å². The molecule has 2 rings (SSSR count). The van der Waals surface area contributed by atoms with Gasteiger partial charge in [-0.25, -0.2) is 4.79 Å². The van der Waals surface area contributed by atoms with Crippen molar-refractivity contribution in [1.82, 2.24) is 9.78 Å². The maximum absolute atomic E-state index is 10.8. The van der Waals surface area contributed by atoms with Gasteiger partial charge in [0.1, 0.15) is 12.4 Å². The summed E-state index contributed by atoms with van der Waals surface area (Å²) in [6.45, 7) is 5.10. The maximum Gasteiger partial charge on any atom is 0.335 e. The van der Waals surface area contributed by atoms with Crippen LogP contribution in [-0.4, -0.2) is 20.9 Å². The van der Waals surface area contributed by atoms with Crippen LogP contribution in [0.1, 0.15) is 28.4 Å². The number of hydrogen-bond donors (Lipinski definition) is 1. The number of aromatic nitrogens is 2. The van der Waals surface area contributed by atoms with E-state index in [2.05, 4.69) is 5.10 Å². The molecule has 0 atom stereocenters. The smallest absolute Gasteiger partial charge is 0.335 e. The number of carboxylic acids is 1. The fourth-order valence-corrected chi connectivity index (χ4v) is 1.76. The van der Waals surface area contributed by atoms with Crippen LogP contribution in [0.2, 0.25) is 0 Å². The summed E-state index contributed by atoms with van der Waals surface area (Å²) in [5.74, 6) is -0.242. The molecule has 0 amide bonds. The first kappa shape index (κ1) is 13.1. The number of benzene rings is 1. The van der Waals surface area contributed by atoms with Crippen molar-refractivity contribution in [3.8, 4) is 5.75 Å².